The molecule has 110 valence electrons. The fourth-order valence-corrected chi connectivity index (χ4v) is 1.51. The van der Waals surface area contributed by atoms with E-state index in [1.54, 1.807) is 25.1 Å². The number of benzene rings is 1. The van der Waals surface area contributed by atoms with Crippen LogP contribution in [0.5, 0.6) is 0 Å². The van der Waals surface area contributed by atoms with Crippen molar-refractivity contribution in [3.8, 4) is 0 Å². The van der Waals surface area contributed by atoms with E-state index < -0.39 is 5.60 Å². The first kappa shape index (κ1) is 16.2. The number of hydrogen-bond donors (Lipinski definition) is 3. The molecule has 0 heterocycles. The van der Waals surface area contributed by atoms with Gasteiger partial charge in [-0.3, -0.25) is 9.59 Å². The maximum atomic E-state index is 12.0. The van der Waals surface area contributed by atoms with E-state index in [2.05, 4.69) is 10.6 Å². The van der Waals surface area contributed by atoms with Gasteiger partial charge in [0.15, 0.2) is 0 Å². The number of amides is 2. The van der Waals surface area contributed by atoms with Crippen LogP contribution in [0.1, 0.15) is 41.5 Å². The van der Waals surface area contributed by atoms with Crippen molar-refractivity contribution in [2.24, 2.45) is 5.92 Å². The van der Waals surface area contributed by atoms with Crippen LogP contribution in [-0.4, -0.2) is 36.1 Å². The van der Waals surface area contributed by atoms with Crippen molar-refractivity contribution < 1.29 is 14.7 Å². The molecule has 1 unspecified atom stereocenters. The maximum absolute atomic E-state index is 12.0. The standard InChI is InChI=1S/C15H22N2O3/c1-10(2)15(3,20)9-17-14(19)12-7-5-6-11(8-12)13(18)16-4/h5-8,10,20H,9H2,1-4H3,(H,16,18)(H,17,19). The van der Waals surface area contributed by atoms with E-state index in [4.69, 9.17) is 0 Å². The number of aliphatic hydroxyl groups is 1. The topological polar surface area (TPSA) is 78.4 Å². The maximum Gasteiger partial charge on any atom is 0.251 e. The SMILES string of the molecule is CNC(=O)c1cccc(C(=O)NCC(C)(O)C(C)C)c1. The Morgan fingerprint density at radius 3 is 2.30 bits per heavy atom. The Hall–Kier alpha value is -1.88. The molecule has 0 saturated carbocycles. The molecule has 1 rings (SSSR count). The van der Waals surface area contributed by atoms with Gasteiger partial charge in [0.2, 0.25) is 0 Å². The molecule has 1 atom stereocenters. The molecule has 0 fully saturated rings. The van der Waals surface area contributed by atoms with Gasteiger partial charge in [0.25, 0.3) is 11.8 Å². The predicted molar refractivity (Wildman–Crippen MR) is 77.6 cm³/mol. The van der Waals surface area contributed by atoms with Crippen LogP contribution in [-0.2, 0) is 0 Å². The van der Waals surface area contributed by atoms with E-state index in [-0.39, 0.29) is 24.3 Å². The van der Waals surface area contributed by atoms with E-state index >= 15 is 0 Å². The molecule has 0 saturated heterocycles. The summed E-state index contributed by atoms with van der Waals surface area (Å²) in [6.07, 6.45) is 0. The normalized spacial score (nSPS) is 13.7. The molecular weight excluding hydrogens is 256 g/mol. The van der Waals surface area contributed by atoms with Gasteiger partial charge in [0.05, 0.1) is 5.60 Å². The second kappa shape index (κ2) is 6.52. The molecular formula is C15H22N2O3. The molecule has 20 heavy (non-hydrogen) atoms. The van der Waals surface area contributed by atoms with Gasteiger partial charge in [0.1, 0.15) is 0 Å². The summed E-state index contributed by atoms with van der Waals surface area (Å²) >= 11 is 0. The minimum Gasteiger partial charge on any atom is -0.388 e. The molecule has 1 aromatic carbocycles. The highest BCUT2D eigenvalue weighted by molar-refractivity contribution is 5.99. The summed E-state index contributed by atoms with van der Waals surface area (Å²) in [5.41, 5.74) is -0.143. The Bertz CT molecular complexity index is 496. The van der Waals surface area contributed by atoms with Crippen LogP contribution in [0.4, 0.5) is 0 Å². The highest BCUT2D eigenvalue weighted by atomic mass is 16.3. The van der Waals surface area contributed by atoms with E-state index in [1.807, 2.05) is 13.8 Å². The highest BCUT2D eigenvalue weighted by Gasteiger charge is 2.25. The summed E-state index contributed by atoms with van der Waals surface area (Å²) in [4.78, 5) is 23.5. The predicted octanol–water partition coefficient (Wildman–Crippen LogP) is 1.18. The lowest BCUT2D eigenvalue weighted by Crippen LogP contribution is -2.44. The Kier molecular flexibility index (Phi) is 5.27. The zero-order valence-corrected chi connectivity index (χ0v) is 12.4. The molecule has 1 aromatic rings. The third kappa shape index (κ3) is 4.06. The largest absolute Gasteiger partial charge is 0.388 e. The van der Waals surface area contributed by atoms with Gasteiger partial charge in [-0.05, 0) is 31.0 Å². The van der Waals surface area contributed by atoms with Crippen molar-refractivity contribution in [3.63, 3.8) is 0 Å². The molecule has 0 spiro atoms. The molecule has 5 nitrogen and oxygen atoms in total. The Morgan fingerprint density at radius 2 is 1.80 bits per heavy atom. The van der Waals surface area contributed by atoms with Gasteiger partial charge in [-0.1, -0.05) is 19.9 Å². The average Bonchev–Trinajstić information content (AvgIpc) is 2.43. The first-order chi connectivity index (χ1) is 9.27. The summed E-state index contributed by atoms with van der Waals surface area (Å²) in [5, 5.41) is 15.3. The molecule has 0 aromatic heterocycles. The minimum atomic E-state index is -0.964. The highest BCUT2D eigenvalue weighted by Crippen LogP contribution is 2.15. The molecule has 2 amide bonds. The zero-order valence-electron chi connectivity index (χ0n) is 12.4. The van der Waals surface area contributed by atoms with E-state index in [9.17, 15) is 14.7 Å². The summed E-state index contributed by atoms with van der Waals surface area (Å²) in [5.74, 6) is -0.523. The van der Waals surface area contributed by atoms with Crippen molar-refractivity contribution in [1.29, 1.82) is 0 Å². The van der Waals surface area contributed by atoms with Gasteiger partial charge >= 0.3 is 0 Å². The Morgan fingerprint density at radius 1 is 1.25 bits per heavy atom. The number of carbonyl (C=O) groups is 2. The zero-order chi connectivity index (χ0) is 15.3. The third-order valence-electron chi connectivity index (χ3n) is 3.46. The van der Waals surface area contributed by atoms with E-state index in [1.165, 1.54) is 13.1 Å². The summed E-state index contributed by atoms with van der Waals surface area (Å²) < 4.78 is 0. The third-order valence-corrected chi connectivity index (χ3v) is 3.46. The summed E-state index contributed by atoms with van der Waals surface area (Å²) in [6.45, 7) is 5.61. The second-order valence-electron chi connectivity index (χ2n) is 5.35. The van der Waals surface area contributed by atoms with Crippen LogP contribution in [0.25, 0.3) is 0 Å². The molecule has 0 radical (unpaired) electrons. The quantitative estimate of drug-likeness (QED) is 0.757. The van der Waals surface area contributed by atoms with Crippen LogP contribution in [0.15, 0.2) is 24.3 Å². The van der Waals surface area contributed by atoms with E-state index in [0.717, 1.165) is 0 Å². The lowest BCUT2D eigenvalue weighted by Gasteiger charge is -2.27. The minimum absolute atomic E-state index is 0.0278. The lowest BCUT2D eigenvalue weighted by molar-refractivity contribution is 0.0142. The van der Waals surface area contributed by atoms with Gasteiger partial charge in [0, 0.05) is 24.7 Å². The van der Waals surface area contributed by atoms with Crippen LogP contribution < -0.4 is 10.6 Å². The number of carbonyl (C=O) groups excluding carboxylic acids is 2. The van der Waals surface area contributed by atoms with E-state index in [0.29, 0.717) is 11.1 Å². The Labute approximate surface area is 119 Å². The second-order valence-corrected chi connectivity index (χ2v) is 5.35. The smallest absolute Gasteiger partial charge is 0.251 e. The van der Waals surface area contributed by atoms with Crippen molar-refractivity contribution >= 4 is 11.8 Å². The van der Waals surface area contributed by atoms with Crippen molar-refractivity contribution in [2.45, 2.75) is 26.4 Å². The molecule has 0 aliphatic carbocycles. The van der Waals surface area contributed by atoms with Gasteiger partial charge in [-0.2, -0.15) is 0 Å². The summed E-state index contributed by atoms with van der Waals surface area (Å²) in [6, 6.07) is 6.45. The van der Waals surface area contributed by atoms with Gasteiger partial charge in [-0.25, -0.2) is 0 Å². The number of hydrogen-bond acceptors (Lipinski definition) is 3. The monoisotopic (exact) mass is 278 g/mol. The van der Waals surface area contributed by atoms with Crippen molar-refractivity contribution in [3.05, 3.63) is 35.4 Å². The number of nitrogens with one attached hydrogen (secondary N) is 2. The first-order valence-electron chi connectivity index (χ1n) is 6.60. The van der Waals surface area contributed by atoms with Gasteiger partial charge < -0.3 is 15.7 Å². The first-order valence-corrected chi connectivity index (χ1v) is 6.60. The van der Waals surface area contributed by atoms with Crippen molar-refractivity contribution in [2.75, 3.05) is 13.6 Å². The molecule has 0 bridgehead atoms. The molecule has 5 heteroatoms. The fourth-order valence-electron chi connectivity index (χ4n) is 1.51. The molecule has 3 N–H and O–H groups in total. The molecule has 0 aliphatic rings. The average molecular weight is 278 g/mol. The van der Waals surface area contributed by atoms with Crippen LogP contribution in [0.3, 0.4) is 0 Å². The number of rotatable bonds is 5. The Balaban J connectivity index is 2.76. The van der Waals surface area contributed by atoms with Crippen LogP contribution in [0, 0.1) is 5.92 Å². The van der Waals surface area contributed by atoms with Gasteiger partial charge in [-0.15, -0.1) is 0 Å². The van der Waals surface area contributed by atoms with Crippen LogP contribution >= 0.6 is 0 Å². The van der Waals surface area contributed by atoms with Crippen LogP contribution in [0.2, 0.25) is 0 Å². The van der Waals surface area contributed by atoms with Crippen molar-refractivity contribution in [1.82, 2.24) is 10.6 Å². The fraction of sp³-hybridized carbons (Fsp3) is 0.467. The lowest BCUT2D eigenvalue weighted by atomic mass is 9.92. The summed E-state index contributed by atoms with van der Waals surface area (Å²) in [7, 11) is 1.54. The molecule has 0 aliphatic heterocycles.